The molecule has 0 N–H and O–H groups in total. The minimum absolute atomic E-state index is 0.0665. The zero-order chi connectivity index (χ0) is 11.2. The molecule has 0 aromatic heterocycles. The maximum atomic E-state index is 11.4. The third-order valence-electron chi connectivity index (χ3n) is 2.34. The van der Waals surface area contributed by atoms with Crippen molar-refractivity contribution in [3.05, 3.63) is 28.3 Å². The van der Waals surface area contributed by atoms with Gasteiger partial charge < -0.3 is 0 Å². The molecule has 0 bridgehead atoms. The Morgan fingerprint density at radius 3 is 2.47 bits per heavy atom. The predicted octanol–water partition coefficient (Wildman–Crippen LogP) is 2.40. The number of benzene rings is 1. The van der Waals surface area contributed by atoms with Crippen molar-refractivity contribution < 1.29 is 13.2 Å². The standard InChI is InChI=1S/C9H6Cl2O3S/c10-7-3-5-1-2-8(12)6(5)4-9(7)15(11,13)14/h3-4H,1-2H2. The molecule has 1 aliphatic carbocycles. The number of ketones is 1. The fourth-order valence-corrected chi connectivity index (χ4v) is 3.17. The second-order valence-corrected chi connectivity index (χ2v) is 6.24. The number of fused-ring (bicyclic) bond motifs is 1. The molecule has 0 heterocycles. The van der Waals surface area contributed by atoms with Crippen LogP contribution >= 0.6 is 22.3 Å². The van der Waals surface area contributed by atoms with E-state index in [0.29, 0.717) is 18.4 Å². The molecule has 0 atom stereocenters. The second kappa shape index (κ2) is 3.47. The number of hydrogen-bond donors (Lipinski definition) is 0. The van der Waals surface area contributed by atoms with E-state index in [4.69, 9.17) is 22.3 Å². The van der Waals surface area contributed by atoms with Gasteiger partial charge in [-0.05, 0) is 24.1 Å². The Balaban J connectivity index is 2.71. The average Bonchev–Trinajstić information content (AvgIpc) is 2.44. The van der Waals surface area contributed by atoms with Gasteiger partial charge in [-0.3, -0.25) is 4.79 Å². The highest BCUT2D eigenvalue weighted by Gasteiger charge is 2.24. The fraction of sp³-hybridized carbons (Fsp3) is 0.222. The summed E-state index contributed by atoms with van der Waals surface area (Å²) in [6.45, 7) is 0. The van der Waals surface area contributed by atoms with Crippen molar-refractivity contribution in [2.75, 3.05) is 0 Å². The molecule has 0 unspecified atom stereocenters. The minimum Gasteiger partial charge on any atom is -0.294 e. The first kappa shape index (κ1) is 10.9. The number of rotatable bonds is 1. The molecule has 0 amide bonds. The molecule has 0 saturated carbocycles. The third kappa shape index (κ3) is 1.89. The first-order valence-corrected chi connectivity index (χ1v) is 6.88. The van der Waals surface area contributed by atoms with Crippen LogP contribution in [-0.4, -0.2) is 14.2 Å². The van der Waals surface area contributed by atoms with Crippen molar-refractivity contribution in [3.63, 3.8) is 0 Å². The van der Waals surface area contributed by atoms with E-state index in [9.17, 15) is 13.2 Å². The van der Waals surface area contributed by atoms with Crippen LogP contribution in [0.15, 0.2) is 17.0 Å². The van der Waals surface area contributed by atoms with E-state index in [2.05, 4.69) is 0 Å². The van der Waals surface area contributed by atoms with Gasteiger partial charge in [0.1, 0.15) is 4.90 Å². The molecular formula is C9H6Cl2O3S. The Bertz CT molecular complexity index is 549. The number of carbonyl (C=O) groups excluding carboxylic acids is 1. The molecule has 15 heavy (non-hydrogen) atoms. The molecule has 0 fully saturated rings. The summed E-state index contributed by atoms with van der Waals surface area (Å²) in [4.78, 5) is 11.2. The molecule has 0 spiro atoms. The fourth-order valence-electron chi connectivity index (χ4n) is 1.63. The maximum absolute atomic E-state index is 11.4. The van der Waals surface area contributed by atoms with Crippen LogP contribution in [0.25, 0.3) is 0 Å². The molecule has 1 aromatic carbocycles. The smallest absolute Gasteiger partial charge is 0.262 e. The van der Waals surface area contributed by atoms with Gasteiger partial charge in [-0.2, -0.15) is 0 Å². The van der Waals surface area contributed by atoms with Gasteiger partial charge in [-0.1, -0.05) is 11.6 Å². The van der Waals surface area contributed by atoms with Gasteiger partial charge in [0.25, 0.3) is 9.05 Å². The van der Waals surface area contributed by atoms with E-state index < -0.39 is 9.05 Å². The number of aryl methyl sites for hydroxylation is 1. The van der Waals surface area contributed by atoms with Gasteiger partial charge in [0, 0.05) is 22.7 Å². The number of halogens is 2. The Hall–Kier alpha value is -0.580. The Kier molecular flexibility index (Phi) is 2.53. The summed E-state index contributed by atoms with van der Waals surface area (Å²) in [7, 11) is 1.30. The zero-order valence-electron chi connectivity index (χ0n) is 7.46. The normalized spacial score (nSPS) is 15.5. The zero-order valence-corrected chi connectivity index (χ0v) is 9.79. The summed E-state index contributed by atoms with van der Waals surface area (Å²) < 4.78 is 22.3. The van der Waals surface area contributed by atoms with Gasteiger partial charge in [0.05, 0.1) is 5.02 Å². The summed E-state index contributed by atoms with van der Waals surface area (Å²) in [5.74, 6) is -0.0665. The summed E-state index contributed by atoms with van der Waals surface area (Å²) in [6.07, 6.45) is 1.01. The van der Waals surface area contributed by atoms with E-state index in [-0.39, 0.29) is 15.7 Å². The van der Waals surface area contributed by atoms with Crippen molar-refractivity contribution in [2.24, 2.45) is 0 Å². The molecule has 1 aliphatic rings. The highest BCUT2D eigenvalue weighted by Crippen LogP contribution is 2.32. The van der Waals surface area contributed by atoms with Gasteiger partial charge in [-0.15, -0.1) is 0 Å². The Morgan fingerprint density at radius 1 is 1.20 bits per heavy atom. The first-order valence-electron chi connectivity index (χ1n) is 4.20. The summed E-state index contributed by atoms with van der Waals surface area (Å²) in [5.41, 5.74) is 1.20. The van der Waals surface area contributed by atoms with Crippen LogP contribution in [0.4, 0.5) is 0 Å². The molecular weight excluding hydrogens is 259 g/mol. The largest absolute Gasteiger partial charge is 0.294 e. The van der Waals surface area contributed by atoms with Crippen LogP contribution in [0.3, 0.4) is 0 Å². The van der Waals surface area contributed by atoms with E-state index in [1.807, 2.05) is 0 Å². The van der Waals surface area contributed by atoms with Crippen LogP contribution in [0.2, 0.25) is 5.02 Å². The molecule has 1 aromatic rings. The highest BCUT2D eigenvalue weighted by molar-refractivity contribution is 8.13. The number of Topliss-reactive ketones (excluding diaryl/α,β-unsaturated/α-hetero) is 1. The SMILES string of the molecule is O=C1CCc2cc(Cl)c(S(=O)(=O)Cl)cc21. The first-order chi connectivity index (χ1) is 6.89. The lowest BCUT2D eigenvalue weighted by Gasteiger charge is -2.03. The predicted molar refractivity (Wildman–Crippen MR) is 57.1 cm³/mol. The molecule has 3 nitrogen and oxygen atoms in total. The van der Waals surface area contributed by atoms with Crippen LogP contribution in [0.1, 0.15) is 22.3 Å². The molecule has 0 saturated heterocycles. The average molecular weight is 265 g/mol. The van der Waals surface area contributed by atoms with Gasteiger partial charge in [0.2, 0.25) is 0 Å². The number of hydrogen-bond acceptors (Lipinski definition) is 3. The van der Waals surface area contributed by atoms with Crippen molar-refractivity contribution in [3.8, 4) is 0 Å². The summed E-state index contributed by atoms with van der Waals surface area (Å²) in [6, 6.07) is 2.76. The molecule has 0 radical (unpaired) electrons. The lowest BCUT2D eigenvalue weighted by molar-refractivity contribution is 0.0994. The molecule has 6 heteroatoms. The summed E-state index contributed by atoms with van der Waals surface area (Å²) in [5, 5.41) is 0.0680. The van der Waals surface area contributed by atoms with E-state index in [1.165, 1.54) is 12.1 Å². The van der Waals surface area contributed by atoms with Crippen LogP contribution in [-0.2, 0) is 15.5 Å². The van der Waals surface area contributed by atoms with Crippen molar-refractivity contribution >= 4 is 37.1 Å². The minimum atomic E-state index is -3.89. The molecule has 2 rings (SSSR count). The van der Waals surface area contributed by atoms with Crippen LogP contribution in [0.5, 0.6) is 0 Å². The summed E-state index contributed by atoms with van der Waals surface area (Å²) >= 11 is 5.77. The monoisotopic (exact) mass is 264 g/mol. The van der Waals surface area contributed by atoms with Crippen LogP contribution in [0, 0.1) is 0 Å². The van der Waals surface area contributed by atoms with E-state index in [0.717, 1.165) is 5.56 Å². The Morgan fingerprint density at radius 2 is 1.87 bits per heavy atom. The lowest BCUT2D eigenvalue weighted by atomic mass is 10.1. The van der Waals surface area contributed by atoms with Crippen molar-refractivity contribution in [1.29, 1.82) is 0 Å². The Labute approximate surface area is 96.4 Å². The molecule has 0 aliphatic heterocycles. The maximum Gasteiger partial charge on any atom is 0.262 e. The van der Waals surface area contributed by atoms with E-state index >= 15 is 0 Å². The highest BCUT2D eigenvalue weighted by atomic mass is 35.7. The molecule has 80 valence electrons. The topological polar surface area (TPSA) is 51.2 Å². The van der Waals surface area contributed by atoms with E-state index in [1.54, 1.807) is 0 Å². The second-order valence-electron chi connectivity index (χ2n) is 3.30. The third-order valence-corrected chi connectivity index (χ3v) is 4.13. The lowest BCUT2D eigenvalue weighted by Crippen LogP contribution is -1.97. The van der Waals surface area contributed by atoms with Gasteiger partial charge >= 0.3 is 0 Å². The quantitative estimate of drug-likeness (QED) is 0.732. The van der Waals surface area contributed by atoms with Crippen LogP contribution < -0.4 is 0 Å². The van der Waals surface area contributed by atoms with Crippen molar-refractivity contribution in [1.82, 2.24) is 0 Å². The van der Waals surface area contributed by atoms with Gasteiger partial charge in [-0.25, -0.2) is 8.42 Å². The number of carbonyl (C=O) groups is 1. The van der Waals surface area contributed by atoms with Gasteiger partial charge in [0.15, 0.2) is 5.78 Å². The van der Waals surface area contributed by atoms with Crippen molar-refractivity contribution in [2.45, 2.75) is 17.7 Å².